The van der Waals surface area contributed by atoms with Crippen molar-refractivity contribution >= 4 is 5.91 Å². The topological polar surface area (TPSA) is 65.4 Å². The summed E-state index contributed by atoms with van der Waals surface area (Å²) < 4.78 is 0. The molecule has 5 heteroatoms. The predicted octanol–water partition coefficient (Wildman–Crippen LogP) is 2.24. The minimum Gasteiger partial charge on any atom is -0.351 e. The number of likely N-dealkylation sites (N-methyl/N-ethyl adjacent to an activating group) is 1. The molecule has 0 aromatic heterocycles. The van der Waals surface area contributed by atoms with Crippen LogP contribution in [0.25, 0.3) is 0 Å². The monoisotopic (exact) mass is 309 g/mol. The van der Waals surface area contributed by atoms with Crippen molar-refractivity contribution in [1.82, 2.24) is 10.4 Å². The normalized spacial score (nSPS) is 10.3. The number of nitrogens with one attached hydrogen (secondary N) is 1. The number of carbonyl (C=O) groups is 1. The van der Waals surface area contributed by atoms with Crippen molar-refractivity contribution in [3.63, 3.8) is 0 Å². The molecule has 1 amide bonds. The Morgan fingerprint density at radius 2 is 1.83 bits per heavy atom. The SMILES string of the molecule is CN(CC(=O)NCc1ccc(C#N)cc1)OCc1ccccc1. The summed E-state index contributed by atoms with van der Waals surface area (Å²) in [5.41, 5.74) is 2.61. The molecule has 0 aliphatic rings. The van der Waals surface area contributed by atoms with Crippen LogP contribution in [0.3, 0.4) is 0 Å². The van der Waals surface area contributed by atoms with Gasteiger partial charge >= 0.3 is 0 Å². The Hall–Kier alpha value is -2.68. The first-order valence-electron chi connectivity index (χ1n) is 7.31. The van der Waals surface area contributed by atoms with Crippen LogP contribution in [0, 0.1) is 11.3 Å². The lowest BCUT2D eigenvalue weighted by molar-refractivity contribution is -0.161. The fourth-order valence-corrected chi connectivity index (χ4v) is 1.96. The summed E-state index contributed by atoms with van der Waals surface area (Å²) in [5.74, 6) is -0.120. The molecule has 0 unspecified atom stereocenters. The van der Waals surface area contributed by atoms with E-state index in [9.17, 15) is 4.79 Å². The van der Waals surface area contributed by atoms with Crippen LogP contribution in [0.5, 0.6) is 0 Å². The van der Waals surface area contributed by atoms with Crippen LogP contribution < -0.4 is 5.32 Å². The third kappa shape index (κ3) is 5.91. The van der Waals surface area contributed by atoms with Gasteiger partial charge in [-0.1, -0.05) is 42.5 Å². The third-order valence-corrected chi connectivity index (χ3v) is 3.23. The molecule has 0 heterocycles. The van der Waals surface area contributed by atoms with E-state index in [2.05, 4.69) is 11.4 Å². The maximum atomic E-state index is 11.9. The summed E-state index contributed by atoms with van der Waals surface area (Å²) >= 11 is 0. The van der Waals surface area contributed by atoms with E-state index in [-0.39, 0.29) is 12.5 Å². The molecular weight excluding hydrogens is 290 g/mol. The molecule has 2 rings (SSSR count). The van der Waals surface area contributed by atoms with Crippen LogP contribution >= 0.6 is 0 Å². The first kappa shape index (κ1) is 16.7. The van der Waals surface area contributed by atoms with E-state index in [0.29, 0.717) is 18.7 Å². The van der Waals surface area contributed by atoms with Crippen LogP contribution in [0.4, 0.5) is 0 Å². The Balaban J connectivity index is 1.70. The van der Waals surface area contributed by atoms with E-state index in [4.69, 9.17) is 10.1 Å². The number of amides is 1. The Labute approximate surface area is 136 Å². The Morgan fingerprint density at radius 1 is 1.13 bits per heavy atom. The summed E-state index contributed by atoms with van der Waals surface area (Å²) in [5, 5.41) is 13.1. The molecule has 1 N–H and O–H groups in total. The highest BCUT2D eigenvalue weighted by atomic mass is 16.7. The fraction of sp³-hybridized carbons (Fsp3) is 0.222. The van der Waals surface area contributed by atoms with Gasteiger partial charge in [0.25, 0.3) is 0 Å². The molecule has 5 nitrogen and oxygen atoms in total. The van der Waals surface area contributed by atoms with Gasteiger partial charge in [-0.3, -0.25) is 9.63 Å². The number of hydroxylamine groups is 2. The second kappa shape index (κ2) is 8.69. The predicted molar refractivity (Wildman–Crippen MR) is 86.9 cm³/mol. The average molecular weight is 309 g/mol. The second-order valence-electron chi connectivity index (χ2n) is 5.13. The van der Waals surface area contributed by atoms with Crippen molar-refractivity contribution < 1.29 is 9.63 Å². The van der Waals surface area contributed by atoms with E-state index < -0.39 is 0 Å². The van der Waals surface area contributed by atoms with E-state index in [1.807, 2.05) is 42.5 Å². The van der Waals surface area contributed by atoms with Crippen LogP contribution in [0.1, 0.15) is 16.7 Å². The van der Waals surface area contributed by atoms with E-state index >= 15 is 0 Å². The smallest absolute Gasteiger partial charge is 0.236 e. The minimum atomic E-state index is -0.120. The summed E-state index contributed by atoms with van der Waals surface area (Å²) in [7, 11) is 1.73. The molecule has 0 saturated heterocycles. The van der Waals surface area contributed by atoms with Crippen molar-refractivity contribution in [2.24, 2.45) is 0 Å². The highest BCUT2D eigenvalue weighted by Gasteiger charge is 2.07. The highest BCUT2D eigenvalue weighted by Crippen LogP contribution is 2.03. The number of nitriles is 1. The summed E-state index contributed by atoms with van der Waals surface area (Å²) in [6.45, 7) is 1.01. The Kier molecular flexibility index (Phi) is 6.30. The largest absolute Gasteiger partial charge is 0.351 e. The van der Waals surface area contributed by atoms with Gasteiger partial charge in [-0.15, -0.1) is 0 Å². The Bertz CT molecular complexity index is 663. The number of benzene rings is 2. The second-order valence-corrected chi connectivity index (χ2v) is 5.13. The summed E-state index contributed by atoms with van der Waals surface area (Å²) in [4.78, 5) is 17.4. The molecule has 0 aliphatic heterocycles. The van der Waals surface area contributed by atoms with E-state index in [1.54, 1.807) is 19.2 Å². The zero-order valence-corrected chi connectivity index (χ0v) is 13.0. The molecular formula is C18H19N3O2. The van der Waals surface area contributed by atoms with Gasteiger partial charge in [-0.2, -0.15) is 10.3 Å². The van der Waals surface area contributed by atoms with Crippen LogP contribution in [-0.4, -0.2) is 24.6 Å². The number of hydrogen-bond acceptors (Lipinski definition) is 4. The number of nitrogens with zero attached hydrogens (tertiary/aromatic N) is 2. The average Bonchev–Trinajstić information content (AvgIpc) is 2.59. The van der Waals surface area contributed by atoms with Crippen molar-refractivity contribution in [2.75, 3.05) is 13.6 Å². The molecule has 2 aromatic carbocycles. The first-order chi connectivity index (χ1) is 11.2. The summed E-state index contributed by atoms with van der Waals surface area (Å²) in [6, 6.07) is 19.0. The first-order valence-corrected chi connectivity index (χ1v) is 7.31. The number of rotatable bonds is 7. The molecule has 0 bridgehead atoms. The van der Waals surface area contributed by atoms with E-state index in [1.165, 1.54) is 5.06 Å². The van der Waals surface area contributed by atoms with Crippen LogP contribution in [-0.2, 0) is 22.8 Å². The lowest BCUT2D eigenvalue weighted by Crippen LogP contribution is -2.34. The van der Waals surface area contributed by atoms with Crippen LogP contribution in [0.15, 0.2) is 54.6 Å². The van der Waals surface area contributed by atoms with E-state index in [0.717, 1.165) is 11.1 Å². The molecule has 2 aromatic rings. The third-order valence-electron chi connectivity index (χ3n) is 3.23. The van der Waals surface area contributed by atoms with Gasteiger partial charge in [0.05, 0.1) is 18.2 Å². The fourth-order valence-electron chi connectivity index (χ4n) is 1.96. The molecule has 0 spiro atoms. The minimum absolute atomic E-state index is 0.120. The molecule has 0 saturated carbocycles. The molecule has 23 heavy (non-hydrogen) atoms. The molecule has 118 valence electrons. The van der Waals surface area contributed by atoms with Gasteiger partial charge in [-0.05, 0) is 23.3 Å². The van der Waals surface area contributed by atoms with Gasteiger partial charge < -0.3 is 5.32 Å². The Morgan fingerprint density at radius 3 is 2.48 bits per heavy atom. The van der Waals surface area contributed by atoms with Crippen molar-refractivity contribution in [3.8, 4) is 6.07 Å². The maximum Gasteiger partial charge on any atom is 0.236 e. The maximum absolute atomic E-state index is 11.9. The zero-order chi connectivity index (χ0) is 16.5. The number of hydrogen-bond donors (Lipinski definition) is 1. The van der Waals surface area contributed by atoms with Gasteiger partial charge in [-0.25, -0.2) is 0 Å². The lowest BCUT2D eigenvalue weighted by atomic mass is 10.1. The van der Waals surface area contributed by atoms with Gasteiger partial charge in [0, 0.05) is 13.6 Å². The van der Waals surface area contributed by atoms with Gasteiger partial charge in [0.15, 0.2) is 0 Å². The zero-order valence-electron chi connectivity index (χ0n) is 13.0. The number of carbonyl (C=O) groups excluding carboxylic acids is 1. The van der Waals surface area contributed by atoms with Crippen molar-refractivity contribution in [3.05, 3.63) is 71.3 Å². The highest BCUT2D eigenvalue weighted by molar-refractivity contribution is 5.77. The molecule has 0 atom stereocenters. The summed E-state index contributed by atoms with van der Waals surface area (Å²) in [6.07, 6.45) is 0. The molecule has 0 aliphatic carbocycles. The molecule has 0 radical (unpaired) electrons. The van der Waals surface area contributed by atoms with Crippen molar-refractivity contribution in [2.45, 2.75) is 13.2 Å². The molecule has 0 fully saturated rings. The lowest BCUT2D eigenvalue weighted by Gasteiger charge is -2.16. The van der Waals surface area contributed by atoms with Gasteiger partial charge in [0.2, 0.25) is 5.91 Å². The van der Waals surface area contributed by atoms with Crippen LogP contribution in [0.2, 0.25) is 0 Å². The standard InChI is InChI=1S/C18H19N3O2/c1-21(23-14-17-5-3-2-4-6-17)13-18(22)20-12-16-9-7-15(11-19)8-10-16/h2-10H,12-14H2,1H3,(H,20,22). The van der Waals surface area contributed by atoms with Gasteiger partial charge in [0.1, 0.15) is 6.54 Å². The van der Waals surface area contributed by atoms with Crippen molar-refractivity contribution in [1.29, 1.82) is 5.26 Å². The quantitative estimate of drug-likeness (QED) is 0.797.